The number of nitrogens with one attached hydrogen (secondary N) is 1. The third-order valence-corrected chi connectivity index (χ3v) is 7.23. The van der Waals surface area contributed by atoms with Gasteiger partial charge in [-0.05, 0) is 93.4 Å². The zero-order chi connectivity index (χ0) is 23.4. The van der Waals surface area contributed by atoms with Gasteiger partial charge < -0.3 is 13.9 Å². The standard InChI is InChI=1S/C25H28N2O5S/c1-18-7-8-19(2)24(16-18)33(29,30)32-21-11-9-20(10-12-21)25(28)26-17-22(23-6-5-15-31-23)27-13-3-4-14-27/h5-12,15-16,22H,3-4,13-14,17H2,1-2H3,(H,26,28)/t22-/m1/s1. The van der Waals surface area contributed by atoms with Crippen molar-refractivity contribution in [2.75, 3.05) is 19.6 Å². The first kappa shape index (κ1) is 23.1. The number of rotatable bonds is 8. The van der Waals surface area contributed by atoms with E-state index in [4.69, 9.17) is 8.60 Å². The van der Waals surface area contributed by atoms with Crippen LogP contribution in [0, 0.1) is 13.8 Å². The van der Waals surface area contributed by atoms with Gasteiger partial charge in [0.2, 0.25) is 0 Å². The number of hydrogen-bond acceptors (Lipinski definition) is 6. The lowest BCUT2D eigenvalue weighted by atomic mass is 10.1. The Kier molecular flexibility index (Phi) is 6.85. The number of hydrogen-bond donors (Lipinski definition) is 1. The molecule has 7 nitrogen and oxygen atoms in total. The van der Waals surface area contributed by atoms with Crippen molar-refractivity contribution in [2.45, 2.75) is 37.6 Å². The predicted octanol–water partition coefficient (Wildman–Crippen LogP) is 4.23. The first-order chi connectivity index (χ1) is 15.8. The summed E-state index contributed by atoms with van der Waals surface area (Å²) in [5.74, 6) is 0.741. The number of carbonyl (C=O) groups is 1. The summed E-state index contributed by atoms with van der Waals surface area (Å²) in [6.45, 7) is 5.92. The minimum absolute atomic E-state index is 0.0169. The van der Waals surface area contributed by atoms with Crippen molar-refractivity contribution in [3.63, 3.8) is 0 Å². The molecule has 174 valence electrons. The van der Waals surface area contributed by atoms with Gasteiger partial charge in [-0.25, -0.2) is 0 Å². The Bertz CT molecular complexity index is 1200. The van der Waals surface area contributed by atoms with Crippen molar-refractivity contribution in [2.24, 2.45) is 0 Å². The van der Waals surface area contributed by atoms with E-state index in [1.165, 1.54) is 12.1 Å². The zero-order valence-electron chi connectivity index (χ0n) is 18.8. The van der Waals surface area contributed by atoms with Crippen LogP contribution in [0.3, 0.4) is 0 Å². The van der Waals surface area contributed by atoms with Gasteiger partial charge in [0.25, 0.3) is 5.91 Å². The maximum atomic E-state index is 12.7. The smallest absolute Gasteiger partial charge is 0.339 e. The van der Waals surface area contributed by atoms with Crippen LogP contribution in [0.2, 0.25) is 0 Å². The molecule has 3 aromatic rings. The molecule has 0 spiro atoms. The Balaban J connectivity index is 1.41. The Labute approximate surface area is 194 Å². The lowest BCUT2D eigenvalue weighted by molar-refractivity contribution is 0.0933. The van der Waals surface area contributed by atoms with Crippen molar-refractivity contribution in [1.82, 2.24) is 10.2 Å². The van der Waals surface area contributed by atoms with E-state index in [1.807, 2.05) is 25.1 Å². The van der Waals surface area contributed by atoms with E-state index in [1.54, 1.807) is 37.5 Å². The van der Waals surface area contributed by atoms with Crippen LogP contribution in [0.15, 0.2) is 70.2 Å². The third kappa shape index (κ3) is 5.46. The van der Waals surface area contributed by atoms with Crippen molar-refractivity contribution in [1.29, 1.82) is 0 Å². The molecule has 1 fully saturated rings. The largest absolute Gasteiger partial charge is 0.468 e. The molecule has 1 amide bonds. The van der Waals surface area contributed by atoms with Gasteiger partial charge in [0.1, 0.15) is 16.4 Å². The third-order valence-electron chi connectivity index (χ3n) is 5.84. The van der Waals surface area contributed by atoms with Crippen molar-refractivity contribution >= 4 is 16.0 Å². The lowest BCUT2D eigenvalue weighted by Crippen LogP contribution is -2.36. The highest BCUT2D eigenvalue weighted by atomic mass is 32.2. The molecule has 1 saturated heterocycles. The number of nitrogens with zero attached hydrogens (tertiary/aromatic N) is 1. The van der Waals surface area contributed by atoms with E-state index in [-0.39, 0.29) is 22.6 Å². The fourth-order valence-electron chi connectivity index (χ4n) is 4.05. The monoisotopic (exact) mass is 468 g/mol. The highest BCUT2D eigenvalue weighted by Gasteiger charge is 2.26. The van der Waals surface area contributed by atoms with Gasteiger partial charge in [-0.2, -0.15) is 8.42 Å². The van der Waals surface area contributed by atoms with E-state index >= 15 is 0 Å². The van der Waals surface area contributed by atoms with Gasteiger partial charge in [0.05, 0.1) is 12.3 Å². The van der Waals surface area contributed by atoms with Crippen LogP contribution < -0.4 is 9.50 Å². The molecule has 1 atom stereocenters. The van der Waals surface area contributed by atoms with E-state index in [2.05, 4.69) is 10.2 Å². The van der Waals surface area contributed by atoms with Crippen molar-refractivity contribution in [3.05, 3.63) is 83.3 Å². The minimum Gasteiger partial charge on any atom is -0.468 e. The fraction of sp³-hybridized carbons (Fsp3) is 0.320. The average molecular weight is 469 g/mol. The molecule has 0 saturated carbocycles. The van der Waals surface area contributed by atoms with Crippen LogP contribution in [-0.4, -0.2) is 38.9 Å². The van der Waals surface area contributed by atoms with E-state index in [9.17, 15) is 13.2 Å². The number of benzene rings is 2. The second-order valence-electron chi connectivity index (χ2n) is 8.32. The summed E-state index contributed by atoms with van der Waals surface area (Å²) in [6.07, 6.45) is 3.92. The van der Waals surface area contributed by atoms with Gasteiger partial charge in [-0.15, -0.1) is 0 Å². The van der Waals surface area contributed by atoms with Crippen LogP contribution in [0.1, 0.15) is 46.1 Å². The van der Waals surface area contributed by atoms with E-state index in [0.717, 1.165) is 37.3 Å². The summed E-state index contributed by atoms with van der Waals surface area (Å²) < 4.78 is 36.3. The zero-order valence-corrected chi connectivity index (χ0v) is 19.6. The second kappa shape index (κ2) is 9.80. The van der Waals surface area contributed by atoms with Crippen LogP contribution >= 0.6 is 0 Å². The number of furan rings is 1. The molecule has 2 aromatic carbocycles. The summed E-state index contributed by atoms with van der Waals surface area (Å²) >= 11 is 0. The van der Waals surface area contributed by atoms with E-state index < -0.39 is 10.1 Å². The number of likely N-dealkylation sites (tertiary alicyclic amines) is 1. The minimum atomic E-state index is -3.97. The quantitative estimate of drug-likeness (QED) is 0.498. The summed E-state index contributed by atoms with van der Waals surface area (Å²) in [7, 11) is -3.97. The van der Waals surface area contributed by atoms with Crippen molar-refractivity contribution < 1.29 is 21.8 Å². The SMILES string of the molecule is Cc1ccc(C)c(S(=O)(=O)Oc2ccc(C(=O)NC[C@H](c3ccco3)N3CCCC3)cc2)c1. The Hall–Kier alpha value is -3.10. The fourth-order valence-corrected chi connectivity index (χ4v) is 5.29. The maximum absolute atomic E-state index is 12.7. The van der Waals surface area contributed by atoms with Gasteiger partial charge in [-0.3, -0.25) is 9.69 Å². The molecule has 0 unspecified atom stereocenters. The summed E-state index contributed by atoms with van der Waals surface area (Å²) in [5.41, 5.74) is 1.86. The van der Waals surface area contributed by atoms with Gasteiger partial charge in [-0.1, -0.05) is 12.1 Å². The van der Waals surface area contributed by atoms with Gasteiger partial charge in [0.15, 0.2) is 0 Å². The molecule has 0 bridgehead atoms. The number of carbonyl (C=O) groups excluding carboxylic acids is 1. The Morgan fingerprint density at radius 2 is 1.82 bits per heavy atom. The van der Waals surface area contributed by atoms with Gasteiger partial charge in [0, 0.05) is 12.1 Å². The first-order valence-electron chi connectivity index (χ1n) is 11.0. The molecule has 8 heteroatoms. The van der Waals surface area contributed by atoms with E-state index in [0.29, 0.717) is 17.7 Å². The number of amides is 1. The normalized spacial score (nSPS) is 15.3. The van der Waals surface area contributed by atoms with Crippen LogP contribution in [0.4, 0.5) is 0 Å². The van der Waals surface area contributed by atoms with Crippen molar-refractivity contribution in [3.8, 4) is 5.75 Å². The first-order valence-corrected chi connectivity index (χ1v) is 12.4. The molecule has 1 aromatic heterocycles. The Morgan fingerprint density at radius 1 is 1.09 bits per heavy atom. The highest BCUT2D eigenvalue weighted by molar-refractivity contribution is 7.87. The molecular weight excluding hydrogens is 440 g/mol. The second-order valence-corrected chi connectivity index (χ2v) is 9.83. The topological polar surface area (TPSA) is 88.8 Å². The maximum Gasteiger partial charge on any atom is 0.339 e. The van der Waals surface area contributed by atoms with Gasteiger partial charge >= 0.3 is 10.1 Å². The summed E-state index contributed by atoms with van der Waals surface area (Å²) in [4.78, 5) is 15.2. The Morgan fingerprint density at radius 3 is 2.48 bits per heavy atom. The molecule has 2 heterocycles. The summed E-state index contributed by atoms with van der Waals surface area (Å²) in [6, 6.07) is 15.0. The number of aryl methyl sites for hydroxylation is 2. The van der Waals surface area contributed by atoms with Crippen LogP contribution in [0.25, 0.3) is 0 Å². The molecular formula is C25H28N2O5S. The molecule has 1 aliphatic rings. The lowest BCUT2D eigenvalue weighted by Gasteiger charge is -2.26. The summed E-state index contributed by atoms with van der Waals surface area (Å²) in [5, 5.41) is 2.97. The molecule has 1 N–H and O–H groups in total. The molecule has 0 radical (unpaired) electrons. The molecule has 33 heavy (non-hydrogen) atoms. The highest BCUT2D eigenvalue weighted by Crippen LogP contribution is 2.26. The van der Waals surface area contributed by atoms with Crippen LogP contribution in [0.5, 0.6) is 5.75 Å². The molecule has 4 rings (SSSR count). The molecule has 0 aliphatic carbocycles. The predicted molar refractivity (Wildman–Crippen MR) is 125 cm³/mol. The average Bonchev–Trinajstić information content (AvgIpc) is 3.51. The van der Waals surface area contributed by atoms with Crippen LogP contribution in [-0.2, 0) is 10.1 Å². The molecule has 1 aliphatic heterocycles.